The molecule has 0 saturated heterocycles. The van der Waals surface area contributed by atoms with Crippen LogP contribution in [0.5, 0.6) is 0 Å². The average Bonchev–Trinajstić information content (AvgIpc) is 2.67. The number of aliphatic imine (C=N–C) groups is 1. The molecule has 0 radical (unpaired) electrons. The molecule has 0 saturated carbocycles. The van der Waals surface area contributed by atoms with Crippen LogP contribution >= 0.6 is 0 Å². The summed E-state index contributed by atoms with van der Waals surface area (Å²) in [6, 6.07) is 8.22. The molecular weight excluding hydrogens is 178 g/mol. The number of hydrogen-bond acceptors (Lipinski definition) is 3. The fourth-order valence-corrected chi connectivity index (χ4v) is 1.12. The van der Waals surface area contributed by atoms with Gasteiger partial charge in [-0.05, 0) is 18.6 Å². The summed E-state index contributed by atoms with van der Waals surface area (Å²) < 4.78 is 4.15. The van der Waals surface area contributed by atoms with E-state index in [9.17, 15) is 4.79 Å². The van der Waals surface area contributed by atoms with Gasteiger partial charge in [0, 0.05) is 12.6 Å². The molecule has 0 amide bonds. The molecule has 1 aromatic rings. The number of nitrogens with zero attached hydrogens (tertiary/aromatic N) is 1. The summed E-state index contributed by atoms with van der Waals surface area (Å²) in [6.07, 6.45) is 2.96. The van der Waals surface area contributed by atoms with Crippen molar-refractivity contribution in [2.24, 2.45) is 4.99 Å². The van der Waals surface area contributed by atoms with E-state index in [0.29, 0.717) is 13.1 Å². The number of fused-ring (bicyclic) bond motifs is 1. The summed E-state index contributed by atoms with van der Waals surface area (Å²) in [4.78, 5) is 13.4. The second-order valence-corrected chi connectivity index (χ2v) is 2.70. The van der Waals surface area contributed by atoms with Crippen LogP contribution in [-0.2, 0) is 16.0 Å². The topological polar surface area (TPSA) is 38.7 Å². The predicted octanol–water partition coefficient (Wildman–Crippen LogP) is 2.12. The second kappa shape index (κ2) is 5.91. The summed E-state index contributed by atoms with van der Waals surface area (Å²) in [5.41, 5.74) is 2.48. The van der Waals surface area contributed by atoms with E-state index in [-0.39, 0.29) is 0 Å². The Labute approximate surface area is 83.4 Å². The zero-order valence-corrected chi connectivity index (χ0v) is 8.14. The molecule has 0 N–H and O–H groups in total. The lowest BCUT2D eigenvalue weighted by Crippen LogP contribution is -1.80. The monoisotopic (exact) mass is 191 g/mol. The molecule has 3 nitrogen and oxygen atoms in total. The van der Waals surface area contributed by atoms with Crippen molar-refractivity contribution in [2.45, 2.75) is 13.3 Å². The normalized spacial score (nSPS) is 11.2. The van der Waals surface area contributed by atoms with Crippen molar-refractivity contribution in [1.82, 2.24) is 0 Å². The third-order valence-electron chi connectivity index (χ3n) is 1.77. The van der Waals surface area contributed by atoms with Crippen LogP contribution < -0.4 is 0 Å². The molecule has 0 spiro atoms. The Hall–Kier alpha value is -1.64. The Morgan fingerprint density at radius 3 is 2.86 bits per heavy atom. The maximum absolute atomic E-state index is 9.18. The number of hydrogen-bond donors (Lipinski definition) is 0. The number of para-hydroxylation sites is 1. The number of carbonyl (C=O) groups excluding carboxylic acids is 1. The van der Waals surface area contributed by atoms with Crippen molar-refractivity contribution in [3.63, 3.8) is 0 Å². The van der Waals surface area contributed by atoms with Crippen LogP contribution in [0.1, 0.15) is 12.5 Å². The van der Waals surface area contributed by atoms with Crippen molar-refractivity contribution in [2.75, 3.05) is 6.61 Å². The fourth-order valence-electron chi connectivity index (χ4n) is 1.12. The van der Waals surface area contributed by atoms with Gasteiger partial charge in [-0.25, -0.2) is 0 Å². The molecule has 74 valence electrons. The summed E-state index contributed by atoms with van der Waals surface area (Å²) in [5.74, 6) is 0. The minimum atomic E-state index is 0.431. The number of ether oxygens (including phenoxy) is 1. The molecular formula is C11H13NO2. The smallest absolute Gasteiger partial charge is 0.293 e. The van der Waals surface area contributed by atoms with Crippen molar-refractivity contribution >= 4 is 18.4 Å². The summed E-state index contributed by atoms with van der Waals surface area (Å²) in [6.45, 7) is 2.66. The average molecular weight is 191 g/mol. The second-order valence-electron chi connectivity index (χ2n) is 2.70. The van der Waals surface area contributed by atoms with Crippen LogP contribution in [-0.4, -0.2) is 19.3 Å². The van der Waals surface area contributed by atoms with E-state index in [4.69, 9.17) is 0 Å². The highest BCUT2D eigenvalue weighted by Crippen LogP contribution is 2.22. The maximum atomic E-state index is 9.18. The maximum Gasteiger partial charge on any atom is 0.293 e. The van der Waals surface area contributed by atoms with E-state index in [1.54, 1.807) is 6.92 Å². The molecule has 0 unspecified atom stereocenters. The number of rotatable bonds is 2. The van der Waals surface area contributed by atoms with E-state index < -0.39 is 0 Å². The van der Waals surface area contributed by atoms with Gasteiger partial charge in [-0.15, -0.1) is 0 Å². The van der Waals surface area contributed by atoms with Gasteiger partial charge in [-0.1, -0.05) is 18.2 Å². The van der Waals surface area contributed by atoms with Crippen LogP contribution in [0.25, 0.3) is 0 Å². The Bertz CT molecular complexity index is 321. The Morgan fingerprint density at radius 2 is 2.29 bits per heavy atom. The molecule has 3 heteroatoms. The molecule has 0 aromatic heterocycles. The molecule has 1 aliphatic heterocycles. The molecule has 1 aliphatic rings. The quantitative estimate of drug-likeness (QED) is 0.671. The highest BCUT2D eigenvalue weighted by Gasteiger charge is 2.01. The van der Waals surface area contributed by atoms with Gasteiger partial charge in [0.1, 0.15) is 0 Å². The van der Waals surface area contributed by atoms with Crippen LogP contribution in [0.3, 0.4) is 0 Å². The van der Waals surface area contributed by atoms with Crippen molar-refractivity contribution in [3.8, 4) is 0 Å². The lowest BCUT2D eigenvalue weighted by atomic mass is 10.2. The molecule has 1 heterocycles. The zero-order valence-electron chi connectivity index (χ0n) is 8.14. The van der Waals surface area contributed by atoms with Gasteiger partial charge in [0.05, 0.1) is 12.3 Å². The van der Waals surface area contributed by atoms with Gasteiger partial charge >= 0.3 is 0 Å². The molecule has 2 rings (SSSR count). The fraction of sp³-hybridized carbons (Fsp3) is 0.273. The first kappa shape index (κ1) is 10.4. The third kappa shape index (κ3) is 3.01. The van der Waals surface area contributed by atoms with Crippen LogP contribution in [0.15, 0.2) is 29.3 Å². The van der Waals surface area contributed by atoms with Gasteiger partial charge < -0.3 is 4.74 Å². The van der Waals surface area contributed by atoms with Crippen molar-refractivity contribution < 1.29 is 9.53 Å². The minimum absolute atomic E-state index is 0.431. The summed E-state index contributed by atoms with van der Waals surface area (Å²) >= 11 is 0. The van der Waals surface area contributed by atoms with Crippen LogP contribution in [0, 0.1) is 0 Å². The molecule has 1 aromatic carbocycles. The molecule has 14 heavy (non-hydrogen) atoms. The lowest BCUT2D eigenvalue weighted by Gasteiger charge is -1.91. The Balaban J connectivity index is 0.000000171. The number of benzene rings is 1. The third-order valence-corrected chi connectivity index (χ3v) is 1.77. The minimum Gasteiger partial charge on any atom is -0.468 e. The standard InChI is InChI=1S/C8H7N.C3H6O2/c1-2-4-8-7(3-1)5-6-9-8;1-2-5-3-4/h1-4,6H,5H2;3H,2H2,1H3. The van der Waals surface area contributed by atoms with E-state index in [1.165, 1.54) is 5.56 Å². The highest BCUT2D eigenvalue weighted by atomic mass is 16.5. The van der Waals surface area contributed by atoms with Gasteiger partial charge in [0.2, 0.25) is 0 Å². The van der Waals surface area contributed by atoms with Gasteiger partial charge in [-0.3, -0.25) is 9.79 Å². The summed E-state index contributed by atoms with van der Waals surface area (Å²) in [7, 11) is 0. The largest absolute Gasteiger partial charge is 0.468 e. The SMILES string of the molecule is C1=Nc2ccccc2C1.CCOC=O. The van der Waals surface area contributed by atoms with Gasteiger partial charge in [0.25, 0.3) is 6.47 Å². The first-order valence-electron chi connectivity index (χ1n) is 4.54. The van der Waals surface area contributed by atoms with Crippen molar-refractivity contribution in [3.05, 3.63) is 29.8 Å². The van der Waals surface area contributed by atoms with E-state index >= 15 is 0 Å². The molecule has 0 atom stereocenters. The number of carbonyl (C=O) groups is 1. The first-order valence-corrected chi connectivity index (χ1v) is 4.54. The van der Waals surface area contributed by atoms with E-state index in [1.807, 2.05) is 24.4 Å². The first-order chi connectivity index (χ1) is 6.88. The molecule has 0 aliphatic carbocycles. The summed E-state index contributed by atoms with van der Waals surface area (Å²) in [5, 5.41) is 0. The van der Waals surface area contributed by atoms with Gasteiger partial charge in [0.15, 0.2) is 0 Å². The van der Waals surface area contributed by atoms with Gasteiger partial charge in [-0.2, -0.15) is 0 Å². The highest BCUT2D eigenvalue weighted by molar-refractivity contribution is 5.75. The molecule has 0 bridgehead atoms. The Morgan fingerprint density at radius 1 is 1.50 bits per heavy atom. The van der Waals surface area contributed by atoms with Crippen LogP contribution in [0.4, 0.5) is 5.69 Å². The van der Waals surface area contributed by atoms with Crippen LogP contribution in [0.2, 0.25) is 0 Å². The zero-order chi connectivity index (χ0) is 10.2. The molecule has 0 fully saturated rings. The Kier molecular flexibility index (Phi) is 4.41. The van der Waals surface area contributed by atoms with E-state index in [0.717, 1.165) is 12.1 Å². The lowest BCUT2D eigenvalue weighted by molar-refractivity contribution is -0.128. The predicted molar refractivity (Wildman–Crippen MR) is 56.0 cm³/mol. The van der Waals surface area contributed by atoms with Crippen molar-refractivity contribution in [1.29, 1.82) is 0 Å². The van der Waals surface area contributed by atoms with E-state index in [2.05, 4.69) is 15.8 Å².